The van der Waals surface area contributed by atoms with Gasteiger partial charge in [-0.2, -0.15) is 5.10 Å². The molecule has 9 heteroatoms. The summed E-state index contributed by atoms with van der Waals surface area (Å²) in [6.45, 7) is 2.97. The molecule has 3 aromatic rings. The predicted octanol–water partition coefficient (Wildman–Crippen LogP) is 3.20. The Morgan fingerprint density at radius 2 is 2.32 bits per heavy atom. The average Bonchev–Trinajstić information content (AvgIpc) is 3.20. The van der Waals surface area contributed by atoms with Crippen LogP contribution in [-0.2, 0) is 4.79 Å². The number of aromatic nitrogens is 3. The molecule has 1 amide bonds. The number of nitrogen functional groups attached to an aromatic ring is 1. The maximum Gasteiger partial charge on any atom is 0.219 e. The Labute approximate surface area is 154 Å². The van der Waals surface area contributed by atoms with Gasteiger partial charge < -0.3 is 16.0 Å². The van der Waals surface area contributed by atoms with E-state index < -0.39 is 0 Å². The Morgan fingerprint density at radius 3 is 3.00 bits per heavy atom. The molecule has 0 aliphatic heterocycles. The summed E-state index contributed by atoms with van der Waals surface area (Å²) < 4.78 is 0.948. The van der Waals surface area contributed by atoms with Gasteiger partial charge in [0.25, 0.3) is 0 Å². The Balaban J connectivity index is 1.83. The van der Waals surface area contributed by atoms with Gasteiger partial charge in [-0.25, -0.2) is 4.98 Å². The predicted molar refractivity (Wildman–Crippen MR) is 103 cm³/mol. The highest BCUT2D eigenvalue weighted by molar-refractivity contribution is 7.23. The van der Waals surface area contributed by atoms with Crippen LogP contribution in [0.4, 0.5) is 11.5 Å². The van der Waals surface area contributed by atoms with E-state index in [4.69, 9.17) is 17.3 Å². The van der Waals surface area contributed by atoms with Crippen LogP contribution in [0.25, 0.3) is 20.8 Å². The second kappa shape index (κ2) is 7.28. The van der Waals surface area contributed by atoms with Crippen molar-refractivity contribution >= 4 is 50.6 Å². The zero-order chi connectivity index (χ0) is 18.0. The van der Waals surface area contributed by atoms with Crippen LogP contribution < -0.4 is 11.1 Å². The Hall–Kier alpha value is -2.32. The lowest BCUT2D eigenvalue weighted by molar-refractivity contribution is -0.127. The molecule has 0 aliphatic carbocycles. The number of halogens is 1. The van der Waals surface area contributed by atoms with Crippen molar-refractivity contribution in [1.29, 1.82) is 0 Å². The highest BCUT2D eigenvalue weighted by Gasteiger charge is 2.17. The minimum atomic E-state index is 0.0600. The van der Waals surface area contributed by atoms with E-state index in [0.717, 1.165) is 27.4 Å². The Bertz CT molecular complexity index is 892. The van der Waals surface area contributed by atoms with Gasteiger partial charge in [-0.1, -0.05) is 11.6 Å². The molecule has 3 rings (SSSR count). The summed E-state index contributed by atoms with van der Waals surface area (Å²) in [5.74, 6) is 0.469. The Morgan fingerprint density at radius 1 is 1.52 bits per heavy atom. The summed E-state index contributed by atoms with van der Waals surface area (Å²) in [7, 11) is 1.79. The molecular weight excluding hydrogens is 360 g/mol. The van der Waals surface area contributed by atoms with E-state index in [0.29, 0.717) is 29.4 Å². The molecule has 0 bridgehead atoms. The quantitative estimate of drug-likeness (QED) is 0.572. The van der Waals surface area contributed by atoms with Crippen molar-refractivity contribution in [2.75, 3.05) is 31.2 Å². The molecule has 0 radical (unpaired) electrons. The summed E-state index contributed by atoms with van der Waals surface area (Å²) in [6.07, 6.45) is 2.51. The van der Waals surface area contributed by atoms with Gasteiger partial charge in [-0.3, -0.25) is 9.89 Å². The van der Waals surface area contributed by atoms with Crippen molar-refractivity contribution in [2.45, 2.75) is 13.3 Å². The number of fused-ring (bicyclic) bond motifs is 1. The van der Waals surface area contributed by atoms with Gasteiger partial charge in [0, 0.05) is 39.3 Å². The molecule has 0 fully saturated rings. The molecule has 0 spiro atoms. The third-order valence-corrected chi connectivity index (χ3v) is 5.60. The van der Waals surface area contributed by atoms with Gasteiger partial charge in [-0.15, -0.1) is 11.3 Å². The number of hydrogen-bond donors (Lipinski definition) is 3. The first-order valence-corrected chi connectivity index (χ1v) is 9.00. The maximum absolute atomic E-state index is 11.2. The molecule has 132 valence electrons. The molecule has 3 heterocycles. The van der Waals surface area contributed by atoms with Gasteiger partial charge in [0.1, 0.15) is 11.3 Å². The zero-order valence-electron chi connectivity index (χ0n) is 14.0. The Kier molecular flexibility index (Phi) is 5.10. The number of aromatic amines is 1. The fourth-order valence-electron chi connectivity index (χ4n) is 2.44. The standard InChI is InChI=1S/C16H19ClN6OS/c1-9(24)23(2)7-3-5-19-11-8-12(18)21-14-13(17)15(25-16(11)14)10-4-6-20-22-10/h4,6,8H,3,5,7H2,1-2H3,(H,20,22)(H3,18,19,21). The van der Waals surface area contributed by atoms with Crippen molar-refractivity contribution in [3.8, 4) is 10.6 Å². The van der Waals surface area contributed by atoms with Crippen LogP contribution >= 0.6 is 22.9 Å². The lowest BCUT2D eigenvalue weighted by Crippen LogP contribution is -2.26. The van der Waals surface area contributed by atoms with Crippen LogP contribution in [0, 0.1) is 0 Å². The summed E-state index contributed by atoms with van der Waals surface area (Å²) in [5, 5.41) is 10.8. The van der Waals surface area contributed by atoms with E-state index in [1.807, 2.05) is 6.07 Å². The first-order valence-electron chi connectivity index (χ1n) is 7.81. The number of carbonyl (C=O) groups is 1. The van der Waals surface area contributed by atoms with Crippen molar-refractivity contribution < 1.29 is 4.79 Å². The summed E-state index contributed by atoms with van der Waals surface area (Å²) in [5.41, 5.74) is 8.36. The second-order valence-corrected chi connectivity index (χ2v) is 7.11. The van der Waals surface area contributed by atoms with E-state index in [9.17, 15) is 4.79 Å². The molecular formula is C16H19ClN6OS. The molecule has 4 N–H and O–H groups in total. The average molecular weight is 379 g/mol. The number of amides is 1. The number of hydrogen-bond acceptors (Lipinski definition) is 6. The molecule has 0 saturated heterocycles. The molecule has 7 nitrogen and oxygen atoms in total. The van der Waals surface area contributed by atoms with Crippen LogP contribution in [0.15, 0.2) is 18.3 Å². The van der Waals surface area contributed by atoms with Crippen LogP contribution in [-0.4, -0.2) is 46.1 Å². The highest BCUT2D eigenvalue weighted by Crippen LogP contribution is 2.43. The van der Waals surface area contributed by atoms with Crippen molar-refractivity contribution in [2.24, 2.45) is 0 Å². The zero-order valence-corrected chi connectivity index (χ0v) is 15.5. The fourth-order valence-corrected chi connectivity index (χ4v) is 3.95. The van der Waals surface area contributed by atoms with Gasteiger partial charge in [-0.05, 0) is 12.5 Å². The van der Waals surface area contributed by atoms with E-state index in [2.05, 4.69) is 20.5 Å². The van der Waals surface area contributed by atoms with E-state index >= 15 is 0 Å². The van der Waals surface area contributed by atoms with Crippen LogP contribution in [0.5, 0.6) is 0 Å². The number of carbonyl (C=O) groups excluding carboxylic acids is 1. The number of pyridine rings is 1. The summed E-state index contributed by atoms with van der Waals surface area (Å²) in [6, 6.07) is 3.67. The second-order valence-electron chi connectivity index (χ2n) is 5.71. The van der Waals surface area contributed by atoms with Crippen molar-refractivity contribution in [3.05, 3.63) is 23.4 Å². The normalized spacial score (nSPS) is 11.0. The van der Waals surface area contributed by atoms with E-state index in [1.54, 1.807) is 31.1 Å². The first-order chi connectivity index (χ1) is 12.0. The number of H-pyrrole nitrogens is 1. The molecule has 0 aromatic carbocycles. The molecule has 0 unspecified atom stereocenters. The SMILES string of the molecule is CC(=O)N(C)CCCNc1cc(N)nc2c(Cl)c(-c3ccn[nH]3)sc12. The minimum absolute atomic E-state index is 0.0600. The topological polar surface area (TPSA) is 99.9 Å². The highest BCUT2D eigenvalue weighted by atomic mass is 35.5. The third-order valence-electron chi connectivity index (χ3n) is 3.87. The smallest absolute Gasteiger partial charge is 0.219 e. The van der Waals surface area contributed by atoms with Gasteiger partial charge >= 0.3 is 0 Å². The third kappa shape index (κ3) is 3.69. The lowest BCUT2D eigenvalue weighted by atomic mass is 10.3. The number of thiophene rings is 1. The largest absolute Gasteiger partial charge is 0.384 e. The van der Waals surface area contributed by atoms with Gasteiger partial charge in [0.05, 0.1) is 26.0 Å². The number of anilines is 2. The summed E-state index contributed by atoms with van der Waals surface area (Å²) >= 11 is 8.04. The molecule has 0 aliphatic rings. The molecule has 3 aromatic heterocycles. The molecule has 25 heavy (non-hydrogen) atoms. The van der Waals surface area contributed by atoms with E-state index in [1.165, 1.54) is 11.3 Å². The fraction of sp³-hybridized carbons (Fsp3) is 0.312. The van der Waals surface area contributed by atoms with Crippen LogP contribution in [0.3, 0.4) is 0 Å². The number of nitrogens with zero attached hydrogens (tertiary/aromatic N) is 3. The summed E-state index contributed by atoms with van der Waals surface area (Å²) in [4.78, 5) is 18.2. The van der Waals surface area contributed by atoms with Crippen molar-refractivity contribution in [3.63, 3.8) is 0 Å². The molecule has 0 saturated carbocycles. The number of rotatable bonds is 6. The van der Waals surface area contributed by atoms with Crippen molar-refractivity contribution in [1.82, 2.24) is 20.1 Å². The van der Waals surface area contributed by atoms with Gasteiger partial charge in [0.15, 0.2) is 0 Å². The number of nitrogens with two attached hydrogens (primary N) is 1. The monoisotopic (exact) mass is 378 g/mol. The van der Waals surface area contributed by atoms with Crippen LogP contribution in [0.1, 0.15) is 13.3 Å². The maximum atomic E-state index is 11.2. The number of nitrogens with one attached hydrogen (secondary N) is 2. The van der Waals surface area contributed by atoms with E-state index in [-0.39, 0.29) is 5.91 Å². The molecule has 0 atom stereocenters. The minimum Gasteiger partial charge on any atom is -0.384 e. The first kappa shape index (κ1) is 17.5. The lowest BCUT2D eigenvalue weighted by Gasteiger charge is -2.15. The van der Waals surface area contributed by atoms with Crippen LogP contribution in [0.2, 0.25) is 5.02 Å². The van der Waals surface area contributed by atoms with Gasteiger partial charge in [0.2, 0.25) is 5.91 Å².